The zero-order chi connectivity index (χ0) is 13.8. The van der Waals surface area contributed by atoms with Crippen molar-refractivity contribution in [1.29, 1.82) is 5.26 Å². The second-order valence-corrected chi connectivity index (χ2v) is 4.19. The molecule has 0 saturated heterocycles. The van der Waals surface area contributed by atoms with Crippen LogP contribution in [0, 0.1) is 17.1 Å². The van der Waals surface area contributed by atoms with Crippen LogP contribution in [0.4, 0.5) is 4.39 Å². The normalized spacial score (nSPS) is 11.9. The van der Waals surface area contributed by atoms with Crippen LogP contribution < -0.4 is 0 Å². The summed E-state index contributed by atoms with van der Waals surface area (Å²) < 4.78 is 18.8. The fourth-order valence-corrected chi connectivity index (χ4v) is 1.76. The van der Waals surface area contributed by atoms with Crippen molar-refractivity contribution in [1.82, 2.24) is 4.98 Å². The molecule has 1 aromatic carbocycles. The quantitative estimate of drug-likeness (QED) is 0.844. The number of rotatable bonds is 3. The molecule has 0 aliphatic heterocycles. The highest BCUT2D eigenvalue weighted by Gasteiger charge is 2.08. The van der Waals surface area contributed by atoms with Crippen molar-refractivity contribution in [2.45, 2.75) is 13.0 Å². The smallest absolute Gasteiger partial charge is 0.141 e. The summed E-state index contributed by atoms with van der Waals surface area (Å²) in [5.41, 5.74) is 2.45. The van der Waals surface area contributed by atoms with Gasteiger partial charge < -0.3 is 4.74 Å². The van der Waals surface area contributed by atoms with Gasteiger partial charge in [0.1, 0.15) is 11.9 Å². The Kier molecular flexibility index (Phi) is 3.88. The minimum Gasteiger partial charge on any atom is -0.377 e. The van der Waals surface area contributed by atoms with Gasteiger partial charge in [0.05, 0.1) is 11.7 Å². The van der Waals surface area contributed by atoms with E-state index in [1.165, 1.54) is 12.1 Å². The molecule has 0 aliphatic rings. The molecule has 4 heteroatoms. The van der Waals surface area contributed by atoms with E-state index in [9.17, 15) is 4.39 Å². The number of pyridine rings is 1. The van der Waals surface area contributed by atoms with Gasteiger partial charge in [0, 0.05) is 25.1 Å². The third-order valence-electron chi connectivity index (χ3n) is 3.01. The van der Waals surface area contributed by atoms with Crippen LogP contribution >= 0.6 is 0 Å². The first kappa shape index (κ1) is 13.2. The lowest BCUT2D eigenvalue weighted by molar-refractivity contribution is 0.119. The number of ether oxygens (including phenoxy) is 1. The van der Waals surface area contributed by atoms with E-state index in [1.807, 2.05) is 13.0 Å². The van der Waals surface area contributed by atoms with E-state index in [0.29, 0.717) is 5.56 Å². The zero-order valence-corrected chi connectivity index (χ0v) is 10.7. The Balaban J connectivity index is 2.42. The maximum Gasteiger partial charge on any atom is 0.141 e. The first-order valence-electron chi connectivity index (χ1n) is 5.83. The van der Waals surface area contributed by atoms with Crippen LogP contribution in [0.5, 0.6) is 0 Å². The standard InChI is InChI=1S/C15H13FN2O/c1-10(19-2)13-5-14(9-18-8-13)11-3-4-12(7-17)15(16)6-11/h3-6,8-10H,1-2H3. The van der Waals surface area contributed by atoms with E-state index >= 15 is 0 Å². The molecule has 3 nitrogen and oxygen atoms in total. The van der Waals surface area contributed by atoms with E-state index in [0.717, 1.165) is 11.1 Å². The molecule has 96 valence electrons. The summed E-state index contributed by atoms with van der Waals surface area (Å²) >= 11 is 0. The van der Waals surface area contributed by atoms with Crippen molar-refractivity contribution in [2.75, 3.05) is 7.11 Å². The molecule has 2 aromatic rings. The van der Waals surface area contributed by atoms with Crippen molar-refractivity contribution in [3.8, 4) is 17.2 Å². The van der Waals surface area contributed by atoms with Crippen LogP contribution in [0.25, 0.3) is 11.1 Å². The third-order valence-corrected chi connectivity index (χ3v) is 3.01. The van der Waals surface area contributed by atoms with Crippen molar-refractivity contribution >= 4 is 0 Å². The minimum atomic E-state index is -0.523. The summed E-state index contributed by atoms with van der Waals surface area (Å²) in [6, 6.07) is 8.23. The molecular formula is C15H13FN2O. The SMILES string of the molecule is COC(C)c1cncc(-c2ccc(C#N)c(F)c2)c1. The second-order valence-electron chi connectivity index (χ2n) is 4.19. The molecular weight excluding hydrogens is 243 g/mol. The predicted molar refractivity (Wildman–Crippen MR) is 69.8 cm³/mol. The molecule has 1 atom stereocenters. The molecule has 0 saturated carbocycles. The van der Waals surface area contributed by atoms with Crippen LogP contribution in [0.3, 0.4) is 0 Å². The van der Waals surface area contributed by atoms with Crippen molar-refractivity contribution in [3.05, 3.63) is 53.6 Å². The fourth-order valence-electron chi connectivity index (χ4n) is 1.76. The molecule has 1 aromatic heterocycles. The third kappa shape index (κ3) is 2.78. The van der Waals surface area contributed by atoms with E-state index in [4.69, 9.17) is 10.00 Å². The number of nitriles is 1. The van der Waals surface area contributed by atoms with Gasteiger partial charge in [-0.25, -0.2) is 4.39 Å². The Morgan fingerprint density at radius 2 is 2.05 bits per heavy atom. The van der Waals surface area contributed by atoms with E-state index < -0.39 is 5.82 Å². The Hall–Kier alpha value is -2.25. The monoisotopic (exact) mass is 256 g/mol. The van der Waals surface area contributed by atoms with Gasteiger partial charge in [-0.2, -0.15) is 5.26 Å². The molecule has 19 heavy (non-hydrogen) atoms. The van der Waals surface area contributed by atoms with Crippen molar-refractivity contribution < 1.29 is 9.13 Å². The Morgan fingerprint density at radius 1 is 1.26 bits per heavy atom. The summed E-state index contributed by atoms with van der Waals surface area (Å²) in [7, 11) is 1.62. The molecule has 0 radical (unpaired) electrons. The predicted octanol–water partition coefficient (Wildman–Crippen LogP) is 3.47. The van der Waals surface area contributed by atoms with Gasteiger partial charge in [0.25, 0.3) is 0 Å². The van der Waals surface area contributed by atoms with Crippen LogP contribution in [0.15, 0.2) is 36.7 Å². The lowest BCUT2D eigenvalue weighted by Crippen LogP contribution is -1.97. The molecule has 0 aliphatic carbocycles. The summed E-state index contributed by atoms with van der Waals surface area (Å²) in [4.78, 5) is 4.13. The van der Waals surface area contributed by atoms with Crippen LogP contribution in [-0.4, -0.2) is 12.1 Å². The highest BCUT2D eigenvalue weighted by molar-refractivity contribution is 5.64. The molecule has 0 fully saturated rings. The van der Waals surface area contributed by atoms with Gasteiger partial charge in [-0.05, 0) is 36.2 Å². The first-order valence-corrected chi connectivity index (χ1v) is 5.83. The summed E-state index contributed by atoms with van der Waals surface area (Å²) in [6.45, 7) is 1.92. The van der Waals surface area contributed by atoms with Gasteiger partial charge in [-0.15, -0.1) is 0 Å². The van der Waals surface area contributed by atoms with Crippen molar-refractivity contribution in [2.24, 2.45) is 0 Å². The van der Waals surface area contributed by atoms with Gasteiger partial charge in [-0.1, -0.05) is 6.07 Å². The maximum absolute atomic E-state index is 13.6. The van der Waals surface area contributed by atoms with Gasteiger partial charge in [-0.3, -0.25) is 4.98 Å². The molecule has 0 amide bonds. The second kappa shape index (κ2) is 5.59. The summed E-state index contributed by atoms with van der Waals surface area (Å²) in [5.74, 6) is -0.523. The Labute approximate surface area is 111 Å². The molecule has 0 N–H and O–H groups in total. The van der Waals surface area contributed by atoms with E-state index in [-0.39, 0.29) is 11.7 Å². The first-order chi connectivity index (χ1) is 9.15. The number of hydrogen-bond donors (Lipinski definition) is 0. The average Bonchev–Trinajstić information content (AvgIpc) is 2.46. The highest BCUT2D eigenvalue weighted by Crippen LogP contribution is 2.24. The van der Waals surface area contributed by atoms with Gasteiger partial charge >= 0.3 is 0 Å². The number of nitrogens with zero attached hydrogens (tertiary/aromatic N) is 2. The Bertz CT molecular complexity index is 634. The molecule has 1 unspecified atom stereocenters. The fraction of sp³-hybridized carbons (Fsp3) is 0.200. The van der Waals surface area contributed by atoms with E-state index in [1.54, 1.807) is 31.6 Å². The summed E-state index contributed by atoms with van der Waals surface area (Å²) in [5, 5.41) is 8.71. The number of halogens is 1. The summed E-state index contributed by atoms with van der Waals surface area (Å²) in [6.07, 6.45) is 3.31. The van der Waals surface area contributed by atoms with Gasteiger partial charge in [0.15, 0.2) is 0 Å². The molecule has 1 heterocycles. The van der Waals surface area contributed by atoms with Crippen LogP contribution in [-0.2, 0) is 4.74 Å². The minimum absolute atomic E-state index is 0.0399. The topological polar surface area (TPSA) is 45.9 Å². The maximum atomic E-state index is 13.6. The lowest BCUT2D eigenvalue weighted by atomic mass is 10.0. The number of aromatic nitrogens is 1. The average molecular weight is 256 g/mol. The Morgan fingerprint density at radius 3 is 2.68 bits per heavy atom. The molecule has 0 bridgehead atoms. The highest BCUT2D eigenvalue weighted by atomic mass is 19.1. The van der Waals surface area contributed by atoms with Gasteiger partial charge in [0.2, 0.25) is 0 Å². The van der Waals surface area contributed by atoms with E-state index in [2.05, 4.69) is 4.98 Å². The zero-order valence-electron chi connectivity index (χ0n) is 10.7. The van der Waals surface area contributed by atoms with Crippen LogP contribution in [0.2, 0.25) is 0 Å². The molecule has 0 spiro atoms. The van der Waals surface area contributed by atoms with Crippen LogP contribution in [0.1, 0.15) is 24.2 Å². The number of methoxy groups -OCH3 is 1. The number of hydrogen-bond acceptors (Lipinski definition) is 3. The number of benzene rings is 1. The molecule has 2 rings (SSSR count). The van der Waals surface area contributed by atoms with Crippen molar-refractivity contribution in [3.63, 3.8) is 0 Å². The lowest BCUT2D eigenvalue weighted by Gasteiger charge is -2.11. The largest absolute Gasteiger partial charge is 0.377 e.